The average Bonchev–Trinajstić information content (AvgIpc) is 2.45. The van der Waals surface area contributed by atoms with Crippen molar-refractivity contribution in [3.63, 3.8) is 0 Å². The Morgan fingerprint density at radius 3 is 2.36 bits per heavy atom. The second-order valence-corrected chi connectivity index (χ2v) is 5.19. The van der Waals surface area contributed by atoms with E-state index >= 15 is 0 Å². The van der Waals surface area contributed by atoms with Gasteiger partial charge in [0.05, 0.1) is 16.8 Å². The van der Waals surface area contributed by atoms with Gasteiger partial charge in [-0.05, 0) is 23.8 Å². The van der Waals surface area contributed by atoms with E-state index < -0.39 is 11.7 Å². The number of hydrazone groups is 1. The third-order valence-electron chi connectivity index (χ3n) is 2.71. The highest BCUT2D eigenvalue weighted by atomic mass is 35.5. The molecule has 0 saturated carbocycles. The molecule has 0 aliphatic carbocycles. The van der Waals surface area contributed by atoms with Crippen LogP contribution in [0.2, 0.25) is 10.0 Å². The predicted octanol–water partition coefficient (Wildman–Crippen LogP) is 4.88. The SMILES string of the molecule is CN(/N=C/c1ccc(Cl)cc1)c1ncc(C(F)(F)F)cc1Cl. The van der Waals surface area contributed by atoms with E-state index in [2.05, 4.69) is 10.1 Å². The molecule has 3 nitrogen and oxygen atoms in total. The second-order valence-electron chi connectivity index (χ2n) is 4.35. The van der Waals surface area contributed by atoms with E-state index in [0.29, 0.717) is 5.02 Å². The van der Waals surface area contributed by atoms with Gasteiger partial charge in [0, 0.05) is 18.3 Å². The van der Waals surface area contributed by atoms with Crippen LogP contribution in [-0.2, 0) is 6.18 Å². The highest BCUT2D eigenvalue weighted by molar-refractivity contribution is 6.33. The molecule has 0 saturated heterocycles. The topological polar surface area (TPSA) is 28.5 Å². The molecule has 0 bridgehead atoms. The molecule has 0 radical (unpaired) electrons. The maximum Gasteiger partial charge on any atom is 0.417 e. The quantitative estimate of drug-likeness (QED) is 0.584. The van der Waals surface area contributed by atoms with Crippen LogP contribution in [0.5, 0.6) is 0 Å². The predicted molar refractivity (Wildman–Crippen MR) is 81.7 cm³/mol. The third-order valence-corrected chi connectivity index (χ3v) is 3.24. The molecule has 0 N–H and O–H groups in total. The van der Waals surface area contributed by atoms with Crippen LogP contribution >= 0.6 is 23.2 Å². The summed E-state index contributed by atoms with van der Waals surface area (Å²) in [6.07, 6.45) is -2.25. The van der Waals surface area contributed by atoms with Gasteiger partial charge in [-0.25, -0.2) is 9.99 Å². The number of halogens is 5. The van der Waals surface area contributed by atoms with Gasteiger partial charge in [0.1, 0.15) is 0 Å². The monoisotopic (exact) mass is 347 g/mol. The summed E-state index contributed by atoms with van der Waals surface area (Å²) in [5, 5.41) is 5.83. The van der Waals surface area contributed by atoms with Crippen LogP contribution in [0.25, 0.3) is 0 Å². The first-order valence-corrected chi connectivity index (χ1v) is 6.79. The Morgan fingerprint density at radius 1 is 1.18 bits per heavy atom. The van der Waals surface area contributed by atoms with Crippen LogP contribution < -0.4 is 5.01 Å². The molecule has 0 spiro atoms. The van der Waals surface area contributed by atoms with Crippen molar-refractivity contribution in [3.05, 3.63) is 57.7 Å². The van der Waals surface area contributed by atoms with E-state index in [9.17, 15) is 13.2 Å². The lowest BCUT2D eigenvalue weighted by molar-refractivity contribution is -0.137. The van der Waals surface area contributed by atoms with E-state index in [4.69, 9.17) is 23.2 Å². The van der Waals surface area contributed by atoms with Crippen molar-refractivity contribution in [2.24, 2.45) is 5.10 Å². The minimum absolute atomic E-state index is 0.125. The Balaban J connectivity index is 2.19. The molecular formula is C14H10Cl2F3N3. The smallest absolute Gasteiger partial charge is 0.250 e. The van der Waals surface area contributed by atoms with Gasteiger partial charge in [-0.1, -0.05) is 35.3 Å². The number of alkyl halides is 3. The van der Waals surface area contributed by atoms with Crippen LogP contribution in [0, 0.1) is 0 Å². The van der Waals surface area contributed by atoms with Crippen molar-refractivity contribution < 1.29 is 13.2 Å². The minimum Gasteiger partial charge on any atom is -0.250 e. The van der Waals surface area contributed by atoms with Crippen LogP contribution in [0.15, 0.2) is 41.6 Å². The van der Waals surface area contributed by atoms with Crippen molar-refractivity contribution in [2.75, 3.05) is 12.1 Å². The summed E-state index contributed by atoms with van der Waals surface area (Å²) in [6.45, 7) is 0. The molecule has 22 heavy (non-hydrogen) atoms. The van der Waals surface area contributed by atoms with E-state index in [1.165, 1.54) is 18.3 Å². The molecule has 116 valence electrons. The first-order chi connectivity index (χ1) is 10.3. The molecule has 2 rings (SSSR count). The second kappa shape index (κ2) is 6.54. The van der Waals surface area contributed by atoms with E-state index in [0.717, 1.165) is 17.8 Å². The zero-order chi connectivity index (χ0) is 16.3. The number of nitrogens with zero attached hydrogens (tertiary/aromatic N) is 3. The Kier molecular flexibility index (Phi) is 4.93. The summed E-state index contributed by atoms with van der Waals surface area (Å²) >= 11 is 11.6. The zero-order valence-corrected chi connectivity index (χ0v) is 12.8. The minimum atomic E-state index is -4.49. The number of aromatic nitrogens is 1. The fraction of sp³-hybridized carbons (Fsp3) is 0.143. The van der Waals surface area contributed by atoms with Crippen molar-refractivity contribution in [3.8, 4) is 0 Å². The summed E-state index contributed by atoms with van der Waals surface area (Å²) in [4.78, 5) is 3.71. The Bertz CT molecular complexity index is 685. The van der Waals surface area contributed by atoms with Crippen LogP contribution in [-0.4, -0.2) is 18.2 Å². The van der Waals surface area contributed by atoms with Gasteiger partial charge in [0.2, 0.25) is 0 Å². The average molecular weight is 348 g/mol. The number of pyridine rings is 1. The highest BCUT2D eigenvalue weighted by Gasteiger charge is 2.31. The summed E-state index contributed by atoms with van der Waals surface area (Å²) in [7, 11) is 1.54. The lowest BCUT2D eigenvalue weighted by atomic mass is 10.2. The van der Waals surface area contributed by atoms with Gasteiger partial charge in [0.15, 0.2) is 5.82 Å². The summed E-state index contributed by atoms with van der Waals surface area (Å²) in [5.41, 5.74) is -0.129. The van der Waals surface area contributed by atoms with Crippen molar-refractivity contribution >= 4 is 35.2 Å². The van der Waals surface area contributed by atoms with Crippen LogP contribution in [0.1, 0.15) is 11.1 Å². The molecule has 1 aromatic heterocycles. The number of anilines is 1. The first-order valence-electron chi connectivity index (χ1n) is 6.03. The van der Waals surface area contributed by atoms with Crippen molar-refractivity contribution in [2.45, 2.75) is 6.18 Å². The van der Waals surface area contributed by atoms with Gasteiger partial charge in [0.25, 0.3) is 0 Å². The largest absolute Gasteiger partial charge is 0.417 e. The number of rotatable bonds is 3. The summed E-state index contributed by atoms with van der Waals surface area (Å²) < 4.78 is 37.7. The fourth-order valence-electron chi connectivity index (χ4n) is 1.58. The molecule has 0 atom stereocenters. The highest BCUT2D eigenvalue weighted by Crippen LogP contribution is 2.33. The number of hydrogen-bond donors (Lipinski definition) is 0. The van der Waals surface area contributed by atoms with Gasteiger partial charge in [-0.2, -0.15) is 18.3 Å². The number of hydrogen-bond acceptors (Lipinski definition) is 3. The maximum atomic E-state index is 12.6. The first kappa shape index (κ1) is 16.6. The molecule has 0 fully saturated rings. The molecule has 0 amide bonds. The van der Waals surface area contributed by atoms with Gasteiger partial charge in [-0.3, -0.25) is 0 Å². The Hall–Kier alpha value is -1.79. The Labute approximate surface area is 135 Å². The van der Waals surface area contributed by atoms with Gasteiger partial charge >= 0.3 is 6.18 Å². The molecule has 0 aliphatic rings. The molecule has 0 unspecified atom stereocenters. The fourth-order valence-corrected chi connectivity index (χ4v) is 2.00. The summed E-state index contributed by atoms with van der Waals surface area (Å²) in [5.74, 6) is 0.125. The maximum absolute atomic E-state index is 12.6. The standard InChI is InChI=1S/C14H10Cl2F3N3/c1-22(21-7-9-2-4-11(15)5-3-9)13-12(16)6-10(8-20-13)14(17,18)19/h2-8H,1H3/b21-7+. The molecule has 1 heterocycles. The van der Waals surface area contributed by atoms with Crippen LogP contribution in [0.4, 0.5) is 19.0 Å². The van der Waals surface area contributed by atoms with Gasteiger partial charge in [-0.15, -0.1) is 0 Å². The lowest BCUT2D eigenvalue weighted by Gasteiger charge is -2.15. The molecule has 1 aromatic carbocycles. The molecule has 0 aliphatic heterocycles. The van der Waals surface area contributed by atoms with Gasteiger partial charge < -0.3 is 0 Å². The number of benzene rings is 1. The van der Waals surface area contributed by atoms with Crippen molar-refractivity contribution in [1.29, 1.82) is 0 Å². The Morgan fingerprint density at radius 2 is 1.82 bits per heavy atom. The summed E-state index contributed by atoms with van der Waals surface area (Å²) in [6, 6.07) is 7.72. The van der Waals surface area contributed by atoms with Crippen molar-refractivity contribution in [1.82, 2.24) is 4.98 Å². The van der Waals surface area contributed by atoms with Crippen LogP contribution in [0.3, 0.4) is 0 Å². The third kappa shape index (κ3) is 4.11. The normalized spacial score (nSPS) is 11.9. The van der Waals surface area contributed by atoms with E-state index in [1.807, 2.05) is 0 Å². The molecule has 2 aromatic rings. The van der Waals surface area contributed by atoms with E-state index in [1.54, 1.807) is 24.3 Å². The molecular weight excluding hydrogens is 338 g/mol. The van der Waals surface area contributed by atoms with E-state index in [-0.39, 0.29) is 10.8 Å². The molecule has 8 heteroatoms. The lowest BCUT2D eigenvalue weighted by Crippen LogP contribution is -2.13. The zero-order valence-electron chi connectivity index (χ0n) is 11.3.